The molecule has 0 aliphatic heterocycles. The maximum Gasteiger partial charge on any atom is 0.318 e. The average Bonchev–Trinajstić information content (AvgIpc) is 2.80. The van der Waals surface area contributed by atoms with Gasteiger partial charge in [-0.3, -0.25) is 9.59 Å². The first-order chi connectivity index (χ1) is 10.9. The Bertz CT molecular complexity index is 741. The van der Waals surface area contributed by atoms with Crippen molar-refractivity contribution in [2.75, 3.05) is 0 Å². The van der Waals surface area contributed by atoms with Gasteiger partial charge in [0.2, 0.25) is 0 Å². The SMILES string of the molecule is CC(C)(C)OC(=O)[C@@H]1C(=O)c2ccccc2[C@H]1c1ccccc1. The first kappa shape index (κ1) is 15.5. The summed E-state index contributed by atoms with van der Waals surface area (Å²) >= 11 is 0. The molecule has 3 nitrogen and oxygen atoms in total. The summed E-state index contributed by atoms with van der Waals surface area (Å²) in [6.45, 7) is 5.44. The minimum absolute atomic E-state index is 0.149. The molecule has 0 heterocycles. The highest BCUT2D eigenvalue weighted by molar-refractivity contribution is 6.13. The van der Waals surface area contributed by atoms with Crippen LogP contribution in [0.2, 0.25) is 0 Å². The largest absolute Gasteiger partial charge is 0.459 e. The Morgan fingerprint density at radius 1 is 0.957 bits per heavy atom. The molecule has 0 N–H and O–H groups in total. The lowest BCUT2D eigenvalue weighted by atomic mass is 9.85. The molecule has 0 fully saturated rings. The van der Waals surface area contributed by atoms with Crippen LogP contribution in [-0.4, -0.2) is 17.4 Å². The van der Waals surface area contributed by atoms with Gasteiger partial charge in [-0.2, -0.15) is 0 Å². The molecule has 0 amide bonds. The van der Waals surface area contributed by atoms with Crippen LogP contribution < -0.4 is 0 Å². The quantitative estimate of drug-likeness (QED) is 0.623. The number of ether oxygens (including phenoxy) is 1. The Hall–Kier alpha value is -2.42. The van der Waals surface area contributed by atoms with Crippen LogP contribution in [0.25, 0.3) is 0 Å². The minimum Gasteiger partial charge on any atom is -0.459 e. The van der Waals surface area contributed by atoms with E-state index in [2.05, 4.69) is 0 Å². The summed E-state index contributed by atoms with van der Waals surface area (Å²) in [5.41, 5.74) is 1.87. The fourth-order valence-corrected chi connectivity index (χ4v) is 3.13. The zero-order valence-electron chi connectivity index (χ0n) is 13.6. The van der Waals surface area contributed by atoms with E-state index < -0.39 is 17.5 Å². The van der Waals surface area contributed by atoms with Crippen molar-refractivity contribution in [3.05, 3.63) is 71.3 Å². The second-order valence-electron chi connectivity index (χ2n) is 6.85. The predicted octanol–water partition coefficient (Wildman–Crippen LogP) is 3.97. The Kier molecular flexibility index (Phi) is 3.80. The number of fused-ring (bicyclic) bond motifs is 1. The number of carbonyl (C=O) groups is 2. The van der Waals surface area contributed by atoms with Crippen LogP contribution in [0.15, 0.2) is 54.6 Å². The second kappa shape index (κ2) is 5.65. The lowest BCUT2D eigenvalue weighted by molar-refractivity contribution is -0.158. The molecule has 0 saturated heterocycles. The van der Waals surface area contributed by atoms with Gasteiger partial charge >= 0.3 is 5.97 Å². The molecule has 2 atom stereocenters. The number of rotatable bonds is 2. The maximum atomic E-state index is 12.8. The average molecular weight is 308 g/mol. The van der Waals surface area contributed by atoms with Crippen molar-refractivity contribution < 1.29 is 14.3 Å². The summed E-state index contributed by atoms with van der Waals surface area (Å²) in [6, 6.07) is 17.1. The number of hydrogen-bond donors (Lipinski definition) is 0. The van der Waals surface area contributed by atoms with E-state index >= 15 is 0 Å². The number of Topliss-reactive ketones (excluding diaryl/α,β-unsaturated/α-hetero) is 1. The highest BCUT2D eigenvalue weighted by atomic mass is 16.6. The molecule has 1 aliphatic carbocycles. The summed E-state index contributed by atoms with van der Waals surface area (Å²) in [5, 5.41) is 0. The van der Waals surface area contributed by atoms with Crippen molar-refractivity contribution in [1.82, 2.24) is 0 Å². The molecule has 23 heavy (non-hydrogen) atoms. The normalized spacial score (nSPS) is 20.2. The third-order valence-corrected chi connectivity index (χ3v) is 4.00. The molecule has 118 valence electrons. The molecule has 3 rings (SSSR count). The van der Waals surface area contributed by atoms with Gasteiger partial charge < -0.3 is 4.74 Å². The molecular weight excluding hydrogens is 288 g/mol. The van der Waals surface area contributed by atoms with Gasteiger partial charge in [0.05, 0.1) is 0 Å². The van der Waals surface area contributed by atoms with Gasteiger partial charge in [0.15, 0.2) is 5.78 Å². The topological polar surface area (TPSA) is 43.4 Å². The standard InChI is InChI=1S/C20H20O3/c1-20(2,3)23-19(22)17-16(13-9-5-4-6-10-13)14-11-7-8-12-15(14)18(17)21/h4-12,16-17H,1-3H3/t16-,17+/m1/s1. The Balaban J connectivity index is 2.07. The second-order valence-corrected chi connectivity index (χ2v) is 6.85. The Morgan fingerprint density at radius 3 is 2.22 bits per heavy atom. The summed E-state index contributed by atoms with van der Waals surface area (Å²) in [5.74, 6) is -1.69. The van der Waals surface area contributed by atoms with E-state index in [-0.39, 0.29) is 11.7 Å². The first-order valence-electron chi connectivity index (χ1n) is 7.79. The van der Waals surface area contributed by atoms with Gasteiger partial charge in [0.25, 0.3) is 0 Å². The third kappa shape index (κ3) is 2.91. The predicted molar refractivity (Wildman–Crippen MR) is 88.4 cm³/mol. The van der Waals surface area contributed by atoms with Gasteiger partial charge in [0, 0.05) is 11.5 Å². The van der Waals surface area contributed by atoms with Crippen molar-refractivity contribution in [2.45, 2.75) is 32.3 Å². The molecule has 3 heteroatoms. The lowest BCUT2D eigenvalue weighted by Crippen LogP contribution is -2.33. The zero-order valence-corrected chi connectivity index (χ0v) is 13.6. The summed E-state index contributed by atoms with van der Waals surface area (Å²) < 4.78 is 5.52. The van der Waals surface area contributed by atoms with E-state index in [1.54, 1.807) is 6.07 Å². The van der Waals surface area contributed by atoms with Crippen LogP contribution in [0, 0.1) is 5.92 Å². The van der Waals surface area contributed by atoms with Gasteiger partial charge in [0.1, 0.15) is 11.5 Å². The molecule has 0 unspecified atom stereocenters. The number of benzene rings is 2. The fraction of sp³-hybridized carbons (Fsp3) is 0.300. The summed E-state index contributed by atoms with van der Waals surface area (Å²) in [4.78, 5) is 25.5. The molecule has 0 radical (unpaired) electrons. The first-order valence-corrected chi connectivity index (χ1v) is 7.79. The van der Waals surface area contributed by atoms with Crippen LogP contribution in [0.4, 0.5) is 0 Å². The molecule has 0 saturated carbocycles. The monoisotopic (exact) mass is 308 g/mol. The van der Waals surface area contributed by atoms with E-state index in [4.69, 9.17) is 4.74 Å². The smallest absolute Gasteiger partial charge is 0.318 e. The van der Waals surface area contributed by atoms with Gasteiger partial charge in [-0.25, -0.2) is 0 Å². The van der Waals surface area contributed by atoms with E-state index in [1.807, 2.05) is 69.3 Å². The maximum absolute atomic E-state index is 12.8. The molecular formula is C20H20O3. The zero-order chi connectivity index (χ0) is 16.6. The van der Waals surface area contributed by atoms with Crippen molar-refractivity contribution >= 4 is 11.8 Å². The highest BCUT2D eigenvalue weighted by Gasteiger charge is 2.46. The van der Waals surface area contributed by atoms with E-state index in [9.17, 15) is 9.59 Å². The molecule has 1 aliphatic rings. The van der Waals surface area contributed by atoms with Crippen molar-refractivity contribution in [3.8, 4) is 0 Å². The molecule has 0 spiro atoms. The van der Waals surface area contributed by atoms with E-state index in [0.717, 1.165) is 11.1 Å². The van der Waals surface area contributed by atoms with Crippen molar-refractivity contribution in [2.24, 2.45) is 5.92 Å². The van der Waals surface area contributed by atoms with Crippen LogP contribution in [0.3, 0.4) is 0 Å². The van der Waals surface area contributed by atoms with Gasteiger partial charge in [-0.15, -0.1) is 0 Å². The summed E-state index contributed by atoms with van der Waals surface area (Å²) in [7, 11) is 0. The van der Waals surface area contributed by atoms with Crippen LogP contribution in [-0.2, 0) is 9.53 Å². The third-order valence-electron chi connectivity index (χ3n) is 4.00. The Morgan fingerprint density at radius 2 is 1.57 bits per heavy atom. The minimum atomic E-state index is -0.811. The van der Waals surface area contributed by atoms with Gasteiger partial charge in [-0.05, 0) is 31.9 Å². The van der Waals surface area contributed by atoms with E-state index in [0.29, 0.717) is 5.56 Å². The summed E-state index contributed by atoms with van der Waals surface area (Å²) in [6.07, 6.45) is 0. The van der Waals surface area contributed by atoms with Crippen LogP contribution in [0.5, 0.6) is 0 Å². The van der Waals surface area contributed by atoms with Crippen molar-refractivity contribution in [1.29, 1.82) is 0 Å². The molecule has 2 aromatic carbocycles. The van der Waals surface area contributed by atoms with Crippen LogP contribution in [0.1, 0.15) is 48.2 Å². The molecule has 2 aromatic rings. The lowest BCUT2D eigenvalue weighted by Gasteiger charge is -2.24. The number of hydrogen-bond acceptors (Lipinski definition) is 3. The van der Waals surface area contributed by atoms with Gasteiger partial charge in [-0.1, -0.05) is 54.6 Å². The molecule has 0 aromatic heterocycles. The number of ketones is 1. The number of esters is 1. The fourth-order valence-electron chi connectivity index (χ4n) is 3.13. The molecule has 0 bridgehead atoms. The highest BCUT2D eigenvalue weighted by Crippen LogP contribution is 2.43. The number of carbonyl (C=O) groups excluding carboxylic acids is 2. The van der Waals surface area contributed by atoms with Crippen molar-refractivity contribution in [3.63, 3.8) is 0 Å². The van der Waals surface area contributed by atoms with E-state index in [1.165, 1.54) is 0 Å². The van der Waals surface area contributed by atoms with Crippen LogP contribution >= 0.6 is 0 Å². The Labute approximate surface area is 136 Å².